The summed E-state index contributed by atoms with van der Waals surface area (Å²) in [6, 6.07) is 24.9. The molecule has 4 aromatic carbocycles. The van der Waals surface area contributed by atoms with Crippen LogP contribution in [0.3, 0.4) is 0 Å². The average molecular weight is 718 g/mol. The molecule has 11 nitrogen and oxygen atoms in total. The van der Waals surface area contributed by atoms with Crippen LogP contribution in [0.15, 0.2) is 95.9 Å². The summed E-state index contributed by atoms with van der Waals surface area (Å²) in [6.07, 6.45) is 0.202. The number of hydrogen-bond acceptors (Lipinski definition) is 8. The third kappa shape index (κ3) is 9.52. The van der Waals surface area contributed by atoms with E-state index in [1.54, 1.807) is 12.1 Å². The van der Waals surface area contributed by atoms with Crippen LogP contribution in [-0.2, 0) is 32.6 Å². The Kier molecular flexibility index (Phi) is 13.3. The van der Waals surface area contributed by atoms with Crippen molar-refractivity contribution in [2.45, 2.75) is 44.7 Å². The molecule has 0 spiro atoms. The van der Waals surface area contributed by atoms with Crippen LogP contribution in [-0.4, -0.2) is 72.7 Å². The molecule has 0 saturated heterocycles. The number of carbonyl (C=O) groups is 2. The first-order valence-electron chi connectivity index (χ1n) is 16.6. The first-order valence-corrected chi connectivity index (χ1v) is 18.0. The molecule has 0 radical (unpaired) electrons. The second-order valence-corrected chi connectivity index (χ2v) is 14.2. The van der Waals surface area contributed by atoms with Gasteiger partial charge in [-0.05, 0) is 53.8 Å². The number of aryl methyl sites for hydroxylation is 1. The number of benzene rings is 4. The lowest BCUT2D eigenvalue weighted by molar-refractivity contribution is -0.140. The molecule has 0 aliphatic heterocycles. The lowest BCUT2D eigenvalue weighted by Gasteiger charge is -2.34. The Labute approximate surface area is 301 Å². The number of nitrogens with one attached hydrogen (secondary N) is 1. The van der Waals surface area contributed by atoms with Crippen molar-refractivity contribution >= 4 is 27.5 Å². The van der Waals surface area contributed by atoms with Gasteiger partial charge in [0.05, 0.1) is 39.0 Å². The van der Waals surface area contributed by atoms with Gasteiger partial charge >= 0.3 is 0 Å². The van der Waals surface area contributed by atoms with Crippen LogP contribution < -0.4 is 28.6 Å². The zero-order valence-electron chi connectivity index (χ0n) is 30.2. The Bertz CT molecular complexity index is 1900. The highest BCUT2D eigenvalue weighted by Crippen LogP contribution is 2.38. The number of methoxy groups -OCH3 is 4. The van der Waals surface area contributed by atoms with Crippen molar-refractivity contribution in [3.05, 3.63) is 108 Å². The quantitative estimate of drug-likeness (QED) is 0.149. The molecule has 0 heterocycles. The van der Waals surface area contributed by atoms with Crippen LogP contribution in [0, 0.1) is 12.8 Å². The molecule has 272 valence electrons. The number of ether oxygens (including phenoxy) is 4. The van der Waals surface area contributed by atoms with Gasteiger partial charge in [-0.3, -0.25) is 13.9 Å². The monoisotopic (exact) mass is 717 g/mol. The van der Waals surface area contributed by atoms with Crippen LogP contribution in [0.1, 0.15) is 30.5 Å². The van der Waals surface area contributed by atoms with E-state index >= 15 is 0 Å². The number of anilines is 1. The molecule has 12 heteroatoms. The van der Waals surface area contributed by atoms with Gasteiger partial charge in [0.25, 0.3) is 10.0 Å². The first-order chi connectivity index (χ1) is 24.4. The number of carbonyl (C=O) groups excluding carboxylic acids is 2. The van der Waals surface area contributed by atoms with Gasteiger partial charge in [0.2, 0.25) is 11.8 Å². The first kappa shape index (κ1) is 38.6. The number of sulfonamides is 1. The minimum atomic E-state index is -4.49. The van der Waals surface area contributed by atoms with Crippen LogP contribution in [0.2, 0.25) is 0 Å². The van der Waals surface area contributed by atoms with E-state index in [9.17, 15) is 18.0 Å². The van der Waals surface area contributed by atoms with Crippen molar-refractivity contribution in [2.24, 2.45) is 5.92 Å². The minimum Gasteiger partial charge on any atom is -0.497 e. The normalized spacial score (nSPS) is 11.8. The molecule has 1 atom stereocenters. The second kappa shape index (κ2) is 17.6. The van der Waals surface area contributed by atoms with Gasteiger partial charge in [-0.2, -0.15) is 0 Å². The summed E-state index contributed by atoms with van der Waals surface area (Å²) in [4.78, 5) is 30.3. The van der Waals surface area contributed by atoms with E-state index in [2.05, 4.69) is 5.32 Å². The Balaban J connectivity index is 1.90. The molecule has 4 rings (SSSR count). The van der Waals surface area contributed by atoms with E-state index in [1.165, 1.54) is 57.6 Å². The van der Waals surface area contributed by atoms with E-state index in [-0.39, 0.29) is 46.9 Å². The van der Waals surface area contributed by atoms with Crippen LogP contribution in [0.5, 0.6) is 23.0 Å². The zero-order chi connectivity index (χ0) is 37.1. The van der Waals surface area contributed by atoms with Crippen LogP contribution in [0.25, 0.3) is 0 Å². The Morgan fingerprint density at radius 2 is 1.41 bits per heavy atom. The molecule has 0 bridgehead atoms. The molecular weight excluding hydrogens is 671 g/mol. The molecule has 0 fully saturated rings. The smallest absolute Gasteiger partial charge is 0.265 e. The van der Waals surface area contributed by atoms with Gasteiger partial charge in [0.15, 0.2) is 11.5 Å². The number of rotatable bonds is 17. The number of hydrogen-bond donors (Lipinski definition) is 1. The highest BCUT2D eigenvalue weighted by Gasteiger charge is 2.36. The Morgan fingerprint density at radius 3 is 2.04 bits per heavy atom. The fraction of sp³-hybridized carbons (Fsp3) is 0.333. The molecule has 1 unspecified atom stereocenters. The maximum Gasteiger partial charge on any atom is 0.265 e. The van der Waals surface area contributed by atoms with E-state index in [0.29, 0.717) is 18.0 Å². The third-order valence-electron chi connectivity index (χ3n) is 8.43. The minimum absolute atomic E-state index is 0.0532. The van der Waals surface area contributed by atoms with E-state index in [4.69, 9.17) is 18.9 Å². The van der Waals surface area contributed by atoms with Gasteiger partial charge in [-0.15, -0.1) is 0 Å². The molecule has 1 N–H and O–H groups in total. The Hall–Kier alpha value is -5.23. The summed E-state index contributed by atoms with van der Waals surface area (Å²) in [5, 5.41) is 3.01. The van der Waals surface area contributed by atoms with E-state index in [1.807, 2.05) is 75.4 Å². The molecule has 0 aliphatic carbocycles. The topological polar surface area (TPSA) is 124 Å². The van der Waals surface area contributed by atoms with Crippen LogP contribution in [0.4, 0.5) is 5.69 Å². The highest BCUT2D eigenvalue weighted by molar-refractivity contribution is 7.92. The van der Waals surface area contributed by atoms with Crippen LogP contribution >= 0.6 is 0 Å². The summed E-state index contributed by atoms with van der Waals surface area (Å²) in [5.41, 5.74) is 2.64. The van der Waals surface area contributed by atoms with Crippen molar-refractivity contribution in [1.82, 2.24) is 10.2 Å². The predicted molar refractivity (Wildman–Crippen MR) is 197 cm³/mol. The number of amides is 2. The molecule has 0 aromatic heterocycles. The number of nitrogens with zero attached hydrogens (tertiary/aromatic N) is 2. The average Bonchev–Trinajstić information content (AvgIpc) is 3.14. The maximum absolute atomic E-state index is 14.9. The highest BCUT2D eigenvalue weighted by atomic mass is 32.2. The van der Waals surface area contributed by atoms with Crippen molar-refractivity contribution in [2.75, 3.05) is 45.8 Å². The molecular formula is C39H47N3O8S. The second-order valence-electron chi connectivity index (χ2n) is 12.4. The van der Waals surface area contributed by atoms with Gasteiger partial charge < -0.3 is 29.2 Å². The van der Waals surface area contributed by atoms with Crippen molar-refractivity contribution in [1.29, 1.82) is 0 Å². The summed E-state index contributed by atoms with van der Waals surface area (Å²) >= 11 is 0. The van der Waals surface area contributed by atoms with Gasteiger partial charge in [-0.1, -0.05) is 68.4 Å². The lowest BCUT2D eigenvalue weighted by Crippen LogP contribution is -2.53. The van der Waals surface area contributed by atoms with Gasteiger partial charge in [0, 0.05) is 31.6 Å². The van der Waals surface area contributed by atoms with E-state index in [0.717, 1.165) is 21.0 Å². The summed E-state index contributed by atoms with van der Waals surface area (Å²) in [5.74, 6) is 0.267. The fourth-order valence-corrected chi connectivity index (χ4v) is 6.99. The Morgan fingerprint density at radius 1 is 0.765 bits per heavy atom. The van der Waals surface area contributed by atoms with Crippen molar-refractivity contribution in [3.63, 3.8) is 0 Å². The lowest BCUT2D eigenvalue weighted by atomic mass is 10.0. The third-order valence-corrected chi connectivity index (χ3v) is 10.2. The molecule has 0 saturated carbocycles. The van der Waals surface area contributed by atoms with E-state index < -0.39 is 28.5 Å². The van der Waals surface area contributed by atoms with Gasteiger partial charge in [-0.25, -0.2) is 8.42 Å². The molecule has 51 heavy (non-hydrogen) atoms. The predicted octanol–water partition coefficient (Wildman–Crippen LogP) is 5.64. The van der Waals surface area contributed by atoms with Gasteiger partial charge in [0.1, 0.15) is 24.1 Å². The molecule has 2 amide bonds. The summed E-state index contributed by atoms with van der Waals surface area (Å²) in [7, 11) is 1.23. The van der Waals surface area contributed by atoms with Crippen molar-refractivity contribution in [3.8, 4) is 23.0 Å². The van der Waals surface area contributed by atoms with Crippen molar-refractivity contribution < 1.29 is 37.0 Å². The standard InChI is InChI=1S/C39H47N3O8S/c1-27(2)24-40-39(44)34(21-29-14-9-8-10-15-29)41(25-30-16-12-11-13-28(30)3)38(43)26-42(33-22-31(47-4)17-19-35(33)48-5)51(45,46)32-18-20-36(49-6)37(23-32)50-7/h8-20,22-23,27,34H,21,24-26H2,1-7H3,(H,40,44). The fourth-order valence-electron chi connectivity index (χ4n) is 5.56. The summed E-state index contributed by atoms with van der Waals surface area (Å²) in [6.45, 7) is 5.68. The molecule has 0 aliphatic rings. The zero-order valence-corrected chi connectivity index (χ0v) is 31.0. The molecule has 4 aromatic rings. The summed E-state index contributed by atoms with van der Waals surface area (Å²) < 4.78 is 52.2. The SMILES string of the molecule is COc1ccc(OC)c(N(CC(=O)N(Cc2ccccc2C)C(Cc2ccccc2)C(=O)NCC(C)C)S(=O)(=O)c2ccc(OC)c(OC)c2)c1. The maximum atomic E-state index is 14.9. The largest absolute Gasteiger partial charge is 0.497 e.